The van der Waals surface area contributed by atoms with E-state index in [1.807, 2.05) is 0 Å². The smallest absolute Gasteiger partial charge is 0.269 e. The number of nitrogens with one attached hydrogen (secondary N) is 1. The third-order valence-corrected chi connectivity index (χ3v) is 7.36. The predicted molar refractivity (Wildman–Crippen MR) is 120 cm³/mol. The Balaban J connectivity index is 1.68. The van der Waals surface area contributed by atoms with E-state index in [-0.39, 0.29) is 33.9 Å². The molecule has 1 aromatic rings. The lowest BCUT2D eigenvalue weighted by Crippen LogP contribution is -2.58. The fraction of sp³-hybridized carbons (Fsp3) is 0.640. The van der Waals surface area contributed by atoms with Crippen molar-refractivity contribution in [2.75, 3.05) is 0 Å². The molecule has 3 aliphatic carbocycles. The van der Waals surface area contributed by atoms with Crippen LogP contribution in [0.3, 0.4) is 0 Å². The number of nitro groups is 1. The van der Waals surface area contributed by atoms with Crippen molar-refractivity contribution in [2.45, 2.75) is 84.8 Å². The zero-order valence-corrected chi connectivity index (χ0v) is 19.2. The standard InChI is InChI=1S/C25H34N2O4/c1-22(2)10-17-11-24(5)13-23(3,4)14-25(29,15-24)20(17)19(12-22)26-21(28)16-6-8-18(9-7-16)27(30)31/h6-9,19,29H,10-15H2,1-5H3,(H,26,28)/t19-,24-,25-/m1/s1. The van der Waals surface area contributed by atoms with Gasteiger partial charge >= 0.3 is 0 Å². The Kier molecular flexibility index (Phi) is 4.89. The van der Waals surface area contributed by atoms with Crippen LogP contribution < -0.4 is 5.32 Å². The molecule has 2 bridgehead atoms. The highest BCUT2D eigenvalue weighted by atomic mass is 16.6. The van der Waals surface area contributed by atoms with E-state index in [1.165, 1.54) is 29.8 Å². The van der Waals surface area contributed by atoms with E-state index in [0.717, 1.165) is 37.7 Å². The molecule has 1 aromatic carbocycles. The number of amides is 1. The molecule has 1 saturated carbocycles. The molecule has 0 aromatic heterocycles. The minimum Gasteiger partial charge on any atom is -0.385 e. The van der Waals surface area contributed by atoms with Gasteiger partial charge in [-0.3, -0.25) is 14.9 Å². The second-order valence-corrected chi connectivity index (χ2v) is 12.1. The summed E-state index contributed by atoms with van der Waals surface area (Å²) in [5.41, 5.74) is 1.96. The van der Waals surface area contributed by atoms with Gasteiger partial charge in [0.05, 0.1) is 16.6 Å². The summed E-state index contributed by atoms with van der Waals surface area (Å²) in [4.78, 5) is 23.5. The van der Waals surface area contributed by atoms with Gasteiger partial charge in [0.25, 0.3) is 11.6 Å². The van der Waals surface area contributed by atoms with Crippen molar-refractivity contribution in [1.29, 1.82) is 0 Å². The molecule has 31 heavy (non-hydrogen) atoms. The van der Waals surface area contributed by atoms with E-state index in [0.29, 0.717) is 12.0 Å². The number of fused-ring (bicyclic) bond motifs is 3. The van der Waals surface area contributed by atoms with Crippen LogP contribution in [-0.2, 0) is 0 Å². The summed E-state index contributed by atoms with van der Waals surface area (Å²) in [5.74, 6) is -0.253. The van der Waals surface area contributed by atoms with Crippen LogP contribution in [0.4, 0.5) is 5.69 Å². The van der Waals surface area contributed by atoms with Crippen molar-refractivity contribution in [3.8, 4) is 0 Å². The molecule has 1 amide bonds. The number of hydrogen-bond donors (Lipinski definition) is 2. The Bertz CT molecular complexity index is 962. The van der Waals surface area contributed by atoms with Gasteiger partial charge in [-0.25, -0.2) is 0 Å². The summed E-state index contributed by atoms with van der Waals surface area (Å²) < 4.78 is 0. The maximum atomic E-state index is 13.1. The molecule has 0 saturated heterocycles. The molecule has 0 radical (unpaired) electrons. The number of benzene rings is 1. The lowest BCUT2D eigenvalue weighted by Gasteiger charge is -2.59. The Morgan fingerprint density at radius 3 is 2.29 bits per heavy atom. The van der Waals surface area contributed by atoms with Gasteiger partial charge in [0.2, 0.25) is 0 Å². The maximum absolute atomic E-state index is 13.1. The zero-order chi connectivity index (χ0) is 22.8. The van der Waals surface area contributed by atoms with Crippen LogP contribution >= 0.6 is 0 Å². The molecule has 3 aliphatic rings. The monoisotopic (exact) mass is 426 g/mol. The number of aliphatic hydroxyl groups is 1. The van der Waals surface area contributed by atoms with E-state index in [9.17, 15) is 20.0 Å². The largest absolute Gasteiger partial charge is 0.385 e. The Morgan fingerprint density at radius 2 is 1.68 bits per heavy atom. The fourth-order valence-corrected chi connectivity index (χ4v) is 7.23. The van der Waals surface area contributed by atoms with Gasteiger partial charge in [-0.2, -0.15) is 0 Å². The number of non-ortho nitro benzene ring substituents is 1. The Labute approximate surface area is 184 Å². The van der Waals surface area contributed by atoms with Crippen LogP contribution in [-0.4, -0.2) is 27.6 Å². The highest BCUT2D eigenvalue weighted by Gasteiger charge is 2.57. The summed E-state index contributed by atoms with van der Waals surface area (Å²) >= 11 is 0. The molecular formula is C25H34N2O4. The summed E-state index contributed by atoms with van der Waals surface area (Å²) in [7, 11) is 0. The summed E-state index contributed by atoms with van der Waals surface area (Å²) in [6.07, 6.45) is 5.24. The summed E-state index contributed by atoms with van der Waals surface area (Å²) in [5, 5.41) is 26.0. The predicted octanol–water partition coefficient (Wildman–Crippen LogP) is 5.16. The minimum atomic E-state index is -0.895. The van der Waals surface area contributed by atoms with Crippen molar-refractivity contribution in [3.05, 3.63) is 51.1 Å². The molecule has 0 aliphatic heterocycles. The van der Waals surface area contributed by atoms with Crippen LogP contribution in [0.15, 0.2) is 35.4 Å². The number of allylic oxidation sites excluding steroid dienone is 1. The highest BCUT2D eigenvalue weighted by Crippen LogP contribution is 2.62. The van der Waals surface area contributed by atoms with Crippen molar-refractivity contribution < 1.29 is 14.8 Å². The fourth-order valence-electron chi connectivity index (χ4n) is 7.23. The van der Waals surface area contributed by atoms with Crippen molar-refractivity contribution in [2.24, 2.45) is 16.2 Å². The van der Waals surface area contributed by atoms with Gasteiger partial charge in [-0.15, -0.1) is 0 Å². The first-order valence-electron chi connectivity index (χ1n) is 11.2. The average Bonchev–Trinajstić information content (AvgIpc) is 2.56. The van der Waals surface area contributed by atoms with Crippen molar-refractivity contribution in [3.63, 3.8) is 0 Å². The number of rotatable bonds is 3. The van der Waals surface area contributed by atoms with Crippen LogP contribution in [0.1, 0.15) is 83.5 Å². The van der Waals surface area contributed by atoms with E-state index in [4.69, 9.17) is 0 Å². The van der Waals surface area contributed by atoms with Crippen LogP contribution in [0.25, 0.3) is 0 Å². The van der Waals surface area contributed by atoms with Gasteiger partial charge in [-0.1, -0.05) is 40.2 Å². The van der Waals surface area contributed by atoms with Gasteiger partial charge in [0.15, 0.2) is 0 Å². The number of nitrogens with zero attached hydrogens (tertiary/aromatic N) is 1. The first-order valence-corrected chi connectivity index (χ1v) is 11.2. The lowest BCUT2D eigenvalue weighted by atomic mass is 9.49. The van der Waals surface area contributed by atoms with Gasteiger partial charge < -0.3 is 10.4 Å². The molecule has 0 unspecified atom stereocenters. The van der Waals surface area contributed by atoms with E-state index < -0.39 is 10.5 Å². The molecule has 6 heteroatoms. The molecule has 168 valence electrons. The number of carbonyl (C=O) groups excluding carboxylic acids is 1. The third-order valence-electron chi connectivity index (χ3n) is 7.36. The molecule has 0 spiro atoms. The van der Waals surface area contributed by atoms with Crippen LogP contribution in [0, 0.1) is 26.4 Å². The van der Waals surface area contributed by atoms with Gasteiger partial charge in [0.1, 0.15) is 0 Å². The summed E-state index contributed by atoms with van der Waals surface area (Å²) in [6.45, 7) is 11.2. The molecular weight excluding hydrogens is 392 g/mol. The second-order valence-electron chi connectivity index (χ2n) is 12.1. The molecule has 3 atom stereocenters. The van der Waals surface area contributed by atoms with Crippen molar-refractivity contribution >= 4 is 11.6 Å². The van der Waals surface area contributed by atoms with Crippen LogP contribution in [0.5, 0.6) is 0 Å². The molecule has 6 nitrogen and oxygen atoms in total. The normalized spacial score (nSPS) is 33.4. The quantitative estimate of drug-likeness (QED) is 0.397. The maximum Gasteiger partial charge on any atom is 0.269 e. The third kappa shape index (κ3) is 4.14. The average molecular weight is 427 g/mol. The molecule has 2 N–H and O–H groups in total. The van der Waals surface area contributed by atoms with Gasteiger partial charge in [-0.05, 0) is 72.5 Å². The van der Waals surface area contributed by atoms with Crippen molar-refractivity contribution in [1.82, 2.24) is 5.32 Å². The molecule has 4 rings (SSSR count). The number of carbonyl (C=O) groups is 1. The van der Waals surface area contributed by atoms with E-state index in [2.05, 4.69) is 39.9 Å². The number of nitro benzene ring substituents is 1. The topological polar surface area (TPSA) is 92.5 Å². The molecule has 0 heterocycles. The van der Waals surface area contributed by atoms with E-state index >= 15 is 0 Å². The van der Waals surface area contributed by atoms with Crippen LogP contribution in [0.2, 0.25) is 0 Å². The summed E-state index contributed by atoms with van der Waals surface area (Å²) in [6, 6.07) is 5.46. The lowest BCUT2D eigenvalue weighted by molar-refractivity contribution is -0.384. The Hall–Kier alpha value is -2.21. The highest BCUT2D eigenvalue weighted by molar-refractivity contribution is 5.94. The first kappa shape index (κ1) is 22.0. The Morgan fingerprint density at radius 1 is 1.03 bits per heavy atom. The van der Waals surface area contributed by atoms with Gasteiger partial charge in [0, 0.05) is 17.7 Å². The zero-order valence-electron chi connectivity index (χ0n) is 19.2. The van der Waals surface area contributed by atoms with E-state index in [1.54, 1.807) is 0 Å². The number of hydrogen-bond acceptors (Lipinski definition) is 4. The first-order chi connectivity index (χ1) is 14.2. The SMILES string of the molecule is CC1(C)CC2=C([C@H](NC(=O)c3ccc([N+](=O)[O-])cc3)C1)[C@@]1(O)CC(C)(C)C[C@@](C)(C2)C1. The minimum absolute atomic E-state index is 0.0279. The molecule has 1 fully saturated rings. The second kappa shape index (κ2) is 6.89.